The Morgan fingerprint density at radius 2 is 1.54 bits per heavy atom. The van der Waals surface area contributed by atoms with Crippen LogP contribution < -0.4 is 5.73 Å². The molecule has 0 radical (unpaired) electrons. The van der Waals surface area contributed by atoms with Crippen molar-refractivity contribution in [2.45, 2.75) is 30.6 Å². The fourth-order valence-electron chi connectivity index (χ4n) is 3.45. The van der Waals surface area contributed by atoms with Gasteiger partial charge in [-0.05, 0) is 41.8 Å². The Balaban J connectivity index is 0.00000280. The third-order valence-corrected chi connectivity index (χ3v) is 4.86. The van der Waals surface area contributed by atoms with Crippen molar-refractivity contribution in [3.05, 3.63) is 71.3 Å². The molecule has 1 heterocycles. The summed E-state index contributed by atoms with van der Waals surface area (Å²) in [7, 11) is 0. The molecule has 0 spiro atoms. The van der Waals surface area contributed by atoms with Gasteiger partial charge in [-0.1, -0.05) is 24.3 Å². The van der Waals surface area contributed by atoms with Gasteiger partial charge in [-0.25, -0.2) is 13.2 Å². The quantitative estimate of drug-likeness (QED) is 0.783. The lowest BCUT2D eigenvalue weighted by Crippen LogP contribution is -2.52. The normalized spacial score (nSPS) is 19.8. The minimum absolute atomic E-state index is 0. The van der Waals surface area contributed by atoms with Gasteiger partial charge in [0.25, 0.3) is 5.79 Å². The highest BCUT2D eigenvalue weighted by Gasteiger charge is 2.47. The summed E-state index contributed by atoms with van der Waals surface area (Å²) in [5, 5.41) is 9.12. The maximum absolute atomic E-state index is 14.7. The first kappa shape index (κ1) is 21.7. The van der Waals surface area contributed by atoms with Crippen LogP contribution in [-0.2, 0) is 4.79 Å². The van der Waals surface area contributed by atoms with Crippen LogP contribution in [0.25, 0.3) is 0 Å². The van der Waals surface area contributed by atoms with E-state index in [9.17, 15) is 18.0 Å². The molecule has 0 aromatic heterocycles. The first-order valence-corrected chi connectivity index (χ1v) is 8.54. The average Bonchev–Trinajstić information content (AvgIpc) is 3.06. The molecule has 1 aliphatic rings. The van der Waals surface area contributed by atoms with Gasteiger partial charge in [-0.15, -0.1) is 12.4 Å². The molecule has 1 saturated heterocycles. The number of hydrogen-bond donors (Lipinski definition) is 1. The van der Waals surface area contributed by atoms with Crippen LogP contribution in [0.4, 0.5) is 13.2 Å². The lowest BCUT2D eigenvalue weighted by Gasteiger charge is -2.31. The summed E-state index contributed by atoms with van der Waals surface area (Å²) in [5.74, 6) is -4.76. The molecular weight excluding hydrogens is 391 g/mol. The maximum Gasteiger partial charge on any atom is 0.271 e. The zero-order chi connectivity index (χ0) is 19.6. The van der Waals surface area contributed by atoms with Crippen molar-refractivity contribution in [2.24, 2.45) is 5.73 Å². The largest absolute Gasteiger partial charge is 0.319 e. The van der Waals surface area contributed by atoms with Gasteiger partial charge < -0.3 is 5.73 Å². The molecule has 2 aromatic carbocycles. The molecule has 1 amide bonds. The van der Waals surface area contributed by atoms with Gasteiger partial charge in [0.05, 0.1) is 6.04 Å². The summed E-state index contributed by atoms with van der Waals surface area (Å²) < 4.78 is 41.3. The van der Waals surface area contributed by atoms with Crippen LogP contribution in [0, 0.1) is 23.0 Å². The van der Waals surface area contributed by atoms with E-state index in [1.54, 1.807) is 6.07 Å². The zero-order valence-electron chi connectivity index (χ0n) is 14.8. The van der Waals surface area contributed by atoms with Crippen LogP contribution in [-0.4, -0.2) is 29.2 Å². The van der Waals surface area contributed by atoms with Gasteiger partial charge in [-0.2, -0.15) is 5.26 Å². The molecule has 0 aliphatic carbocycles. The SMILES string of the molecule is Cl.N#CC1(F)CCCN1C(=O)[C@@H](N)C(c1ccc(F)cc1)c1ccc(F)cc1. The van der Waals surface area contributed by atoms with E-state index < -0.39 is 35.3 Å². The molecule has 1 unspecified atom stereocenters. The lowest BCUT2D eigenvalue weighted by atomic mass is 9.84. The summed E-state index contributed by atoms with van der Waals surface area (Å²) in [6.07, 6.45) is 0.292. The molecule has 4 nitrogen and oxygen atoms in total. The molecule has 148 valence electrons. The molecule has 2 atom stereocenters. The van der Waals surface area contributed by atoms with Gasteiger partial charge in [0, 0.05) is 18.9 Å². The van der Waals surface area contributed by atoms with Crippen LogP contribution in [0.3, 0.4) is 0 Å². The van der Waals surface area contributed by atoms with Crippen LogP contribution in [0.15, 0.2) is 48.5 Å². The van der Waals surface area contributed by atoms with E-state index in [0.29, 0.717) is 17.5 Å². The molecule has 2 aromatic rings. The number of nitrogens with two attached hydrogens (primary N) is 1. The first-order chi connectivity index (χ1) is 12.9. The van der Waals surface area contributed by atoms with E-state index >= 15 is 0 Å². The summed E-state index contributed by atoms with van der Waals surface area (Å²) in [4.78, 5) is 13.8. The third kappa shape index (κ3) is 4.13. The van der Waals surface area contributed by atoms with E-state index in [2.05, 4.69) is 0 Å². The van der Waals surface area contributed by atoms with Crippen molar-refractivity contribution in [1.29, 1.82) is 5.26 Å². The highest BCUT2D eigenvalue weighted by Crippen LogP contribution is 2.34. The second-order valence-corrected chi connectivity index (χ2v) is 6.57. The second-order valence-electron chi connectivity index (χ2n) is 6.57. The predicted molar refractivity (Wildman–Crippen MR) is 100 cm³/mol. The van der Waals surface area contributed by atoms with Crippen molar-refractivity contribution in [3.8, 4) is 6.07 Å². The minimum Gasteiger partial charge on any atom is -0.319 e. The van der Waals surface area contributed by atoms with Crippen LogP contribution >= 0.6 is 12.4 Å². The van der Waals surface area contributed by atoms with Crippen molar-refractivity contribution >= 4 is 18.3 Å². The van der Waals surface area contributed by atoms with Crippen LogP contribution in [0.2, 0.25) is 0 Å². The van der Waals surface area contributed by atoms with Gasteiger partial charge in [0.15, 0.2) is 0 Å². The first-order valence-electron chi connectivity index (χ1n) is 8.54. The topological polar surface area (TPSA) is 70.1 Å². The molecule has 1 fully saturated rings. The molecule has 3 rings (SSSR count). The number of carbonyl (C=O) groups excluding carboxylic acids is 1. The Morgan fingerprint density at radius 1 is 1.07 bits per heavy atom. The van der Waals surface area contributed by atoms with E-state index in [4.69, 9.17) is 11.0 Å². The number of rotatable bonds is 4. The van der Waals surface area contributed by atoms with Gasteiger partial charge in [0.1, 0.15) is 17.7 Å². The predicted octanol–water partition coefficient (Wildman–Crippen LogP) is 3.66. The summed E-state index contributed by atoms with van der Waals surface area (Å²) in [5.41, 5.74) is 7.27. The Kier molecular flexibility index (Phi) is 6.70. The Hall–Kier alpha value is -2.56. The number of halogens is 4. The van der Waals surface area contributed by atoms with Crippen molar-refractivity contribution in [3.63, 3.8) is 0 Å². The van der Waals surface area contributed by atoms with Crippen LogP contribution in [0.5, 0.6) is 0 Å². The Bertz CT molecular complexity index is 824. The number of benzene rings is 2. The number of likely N-dealkylation sites (tertiary alicyclic amines) is 1. The minimum atomic E-state index is -2.38. The molecule has 0 bridgehead atoms. The van der Waals surface area contributed by atoms with E-state index in [-0.39, 0.29) is 25.4 Å². The summed E-state index contributed by atoms with van der Waals surface area (Å²) >= 11 is 0. The summed E-state index contributed by atoms with van der Waals surface area (Å²) in [6.45, 7) is 0.0934. The molecular formula is C20H19ClF3N3O. The number of nitrogens with zero attached hydrogens (tertiary/aromatic N) is 2. The van der Waals surface area contributed by atoms with E-state index in [1.807, 2.05) is 0 Å². The zero-order valence-corrected chi connectivity index (χ0v) is 15.6. The number of nitriles is 1. The fourth-order valence-corrected chi connectivity index (χ4v) is 3.45. The molecule has 1 aliphatic heterocycles. The number of amides is 1. The monoisotopic (exact) mass is 409 g/mol. The fraction of sp³-hybridized carbons (Fsp3) is 0.300. The van der Waals surface area contributed by atoms with Gasteiger partial charge >= 0.3 is 0 Å². The number of hydrogen-bond acceptors (Lipinski definition) is 3. The number of carbonyl (C=O) groups is 1. The summed E-state index contributed by atoms with van der Waals surface area (Å²) in [6, 6.07) is 11.2. The third-order valence-electron chi connectivity index (χ3n) is 4.86. The van der Waals surface area contributed by atoms with Gasteiger partial charge in [-0.3, -0.25) is 9.69 Å². The number of alkyl halides is 1. The highest BCUT2D eigenvalue weighted by atomic mass is 35.5. The van der Waals surface area contributed by atoms with E-state index in [1.165, 1.54) is 48.5 Å². The molecule has 8 heteroatoms. The Labute approximate surface area is 167 Å². The second kappa shape index (κ2) is 8.63. The van der Waals surface area contributed by atoms with Crippen molar-refractivity contribution in [1.82, 2.24) is 4.90 Å². The van der Waals surface area contributed by atoms with Gasteiger partial charge in [0.2, 0.25) is 5.91 Å². The van der Waals surface area contributed by atoms with Crippen molar-refractivity contribution in [2.75, 3.05) is 6.54 Å². The standard InChI is InChI=1S/C20H18F3N3O.ClH/c21-15-6-2-13(3-7-15)17(14-4-8-16(22)9-5-14)18(25)19(27)26-11-1-10-20(26,23)12-24;/h2-9,17-18H,1,10-11,25H2;1H/t18-,20?;/m0./s1. The maximum atomic E-state index is 14.7. The van der Waals surface area contributed by atoms with Crippen LogP contribution in [0.1, 0.15) is 29.9 Å². The van der Waals surface area contributed by atoms with Crippen molar-refractivity contribution < 1.29 is 18.0 Å². The smallest absolute Gasteiger partial charge is 0.271 e. The van der Waals surface area contributed by atoms with E-state index in [0.717, 1.165) is 4.90 Å². The molecule has 28 heavy (non-hydrogen) atoms. The highest BCUT2D eigenvalue weighted by molar-refractivity contribution is 5.85. The molecule has 0 saturated carbocycles. The molecule has 2 N–H and O–H groups in total. The average molecular weight is 410 g/mol. The Morgan fingerprint density at radius 3 is 1.96 bits per heavy atom. The lowest BCUT2D eigenvalue weighted by molar-refractivity contribution is -0.140.